The Balaban J connectivity index is 1.84. The predicted octanol–water partition coefficient (Wildman–Crippen LogP) is 2.53. The van der Waals surface area contributed by atoms with Gasteiger partial charge in [-0.25, -0.2) is 4.39 Å². The van der Waals surface area contributed by atoms with Crippen molar-refractivity contribution in [2.24, 2.45) is 0 Å². The maximum atomic E-state index is 13.4. The fourth-order valence-electron chi connectivity index (χ4n) is 1.91. The Morgan fingerprint density at radius 1 is 1.24 bits per heavy atom. The Morgan fingerprint density at radius 3 is 2.57 bits per heavy atom. The van der Waals surface area contributed by atoms with Crippen LogP contribution in [0.3, 0.4) is 0 Å². The summed E-state index contributed by atoms with van der Waals surface area (Å²) in [6.45, 7) is 3.75. The third-order valence-electron chi connectivity index (χ3n) is 2.86. The minimum absolute atomic E-state index is 0.114. The van der Waals surface area contributed by atoms with Crippen LogP contribution >= 0.6 is 0 Å². The van der Waals surface area contributed by atoms with Crippen molar-refractivity contribution in [3.8, 4) is 5.75 Å². The van der Waals surface area contributed by atoms with Crippen LogP contribution in [0.5, 0.6) is 5.75 Å². The average Bonchev–Trinajstić information content (AvgIpc) is 2.43. The number of halogens is 1. The van der Waals surface area contributed by atoms with Crippen LogP contribution in [0, 0.1) is 19.7 Å². The average molecular weight is 288 g/mol. The quantitative estimate of drug-likeness (QED) is 0.920. The van der Waals surface area contributed by atoms with E-state index in [1.807, 2.05) is 13.8 Å². The van der Waals surface area contributed by atoms with Crippen LogP contribution in [-0.2, 0) is 11.3 Å². The molecule has 0 spiro atoms. The molecule has 0 unspecified atom stereocenters. The monoisotopic (exact) mass is 288 g/mol. The fraction of sp³-hybridized carbons (Fsp3) is 0.250. The Kier molecular flexibility index (Phi) is 4.87. The van der Waals surface area contributed by atoms with Crippen molar-refractivity contribution in [2.45, 2.75) is 20.4 Å². The van der Waals surface area contributed by atoms with Crippen molar-refractivity contribution in [3.05, 3.63) is 59.2 Å². The number of nitrogens with zero attached hydrogens (tertiary/aromatic N) is 1. The molecule has 110 valence electrons. The number of amides is 1. The highest BCUT2D eigenvalue weighted by Gasteiger charge is 2.06. The number of hydrogen-bond acceptors (Lipinski definition) is 3. The zero-order chi connectivity index (χ0) is 15.2. The van der Waals surface area contributed by atoms with Crippen LogP contribution in [0.25, 0.3) is 0 Å². The van der Waals surface area contributed by atoms with E-state index in [2.05, 4.69) is 10.3 Å². The maximum Gasteiger partial charge on any atom is 0.258 e. The highest BCUT2D eigenvalue weighted by Crippen LogP contribution is 2.13. The van der Waals surface area contributed by atoms with Gasteiger partial charge < -0.3 is 10.1 Å². The SMILES string of the molecule is Cc1cc(OCC(=O)NCc2ccccc2F)cc(C)n1. The third kappa shape index (κ3) is 4.56. The van der Waals surface area contributed by atoms with Gasteiger partial charge in [0.05, 0.1) is 0 Å². The molecule has 0 aliphatic carbocycles. The van der Waals surface area contributed by atoms with E-state index < -0.39 is 0 Å². The molecule has 1 amide bonds. The Labute approximate surface area is 123 Å². The first kappa shape index (κ1) is 15.0. The minimum atomic E-state index is -0.334. The van der Waals surface area contributed by atoms with Gasteiger partial charge in [0.1, 0.15) is 11.6 Å². The molecule has 2 rings (SSSR count). The van der Waals surface area contributed by atoms with Crippen molar-refractivity contribution in [1.82, 2.24) is 10.3 Å². The third-order valence-corrected chi connectivity index (χ3v) is 2.86. The summed E-state index contributed by atoms with van der Waals surface area (Å²) in [5.41, 5.74) is 2.11. The minimum Gasteiger partial charge on any atom is -0.484 e. The Bertz CT molecular complexity index is 624. The van der Waals surface area contributed by atoms with Crippen LogP contribution in [0.2, 0.25) is 0 Å². The smallest absolute Gasteiger partial charge is 0.258 e. The number of rotatable bonds is 5. The molecule has 0 aliphatic rings. The Morgan fingerprint density at radius 2 is 1.90 bits per heavy atom. The van der Waals surface area contributed by atoms with Gasteiger partial charge in [-0.3, -0.25) is 9.78 Å². The highest BCUT2D eigenvalue weighted by molar-refractivity contribution is 5.77. The van der Waals surface area contributed by atoms with Gasteiger partial charge in [0.2, 0.25) is 0 Å². The summed E-state index contributed by atoms with van der Waals surface area (Å²) in [7, 11) is 0. The van der Waals surface area contributed by atoms with Gasteiger partial charge in [-0.2, -0.15) is 0 Å². The summed E-state index contributed by atoms with van der Waals surface area (Å²) in [5.74, 6) is -0.0366. The zero-order valence-electron chi connectivity index (χ0n) is 12.0. The lowest BCUT2D eigenvalue weighted by atomic mass is 10.2. The first-order valence-electron chi connectivity index (χ1n) is 6.63. The number of aryl methyl sites for hydroxylation is 2. The highest BCUT2D eigenvalue weighted by atomic mass is 19.1. The molecule has 0 radical (unpaired) electrons. The van der Waals surface area contributed by atoms with Gasteiger partial charge in [-0.15, -0.1) is 0 Å². The number of pyridine rings is 1. The van der Waals surface area contributed by atoms with E-state index in [1.54, 1.807) is 30.3 Å². The standard InChI is InChI=1S/C16H17FN2O2/c1-11-7-14(8-12(2)19-11)21-10-16(20)18-9-13-5-3-4-6-15(13)17/h3-8H,9-10H2,1-2H3,(H,18,20). The number of nitrogens with one attached hydrogen (secondary N) is 1. The van der Waals surface area contributed by atoms with Crippen LogP contribution in [-0.4, -0.2) is 17.5 Å². The largest absolute Gasteiger partial charge is 0.484 e. The van der Waals surface area contributed by atoms with E-state index in [0.717, 1.165) is 11.4 Å². The topological polar surface area (TPSA) is 51.2 Å². The molecule has 1 aromatic heterocycles. The van der Waals surface area contributed by atoms with Gasteiger partial charge in [-0.05, 0) is 19.9 Å². The number of ether oxygens (including phenoxy) is 1. The molecule has 21 heavy (non-hydrogen) atoms. The number of benzene rings is 1. The Hall–Kier alpha value is -2.43. The van der Waals surface area contributed by atoms with Crippen LogP contribution < -0.4 is 10.1 Å². The van der Waals surface area contributed by atoms with Crippen molar-refractivity contribution < 1.29 is 13.9 Å². The first-order chi connectivity index (χ1) is 10.0. The van der Waals surface area contributed by atoms with E-state index in [0.29, 0.717) is 11.3 Å². The maximum absolute atomic E-state index is 13.4. The van der Waals surface area contributed by atoms with E-state index in [1.165, 1.54) is 6.07 Å². The second-order valence-corrected chi connectivity index (χ2v) is 4.74. The zero-order valence-corrected chi connectivity index (χ0v) is 12.0. The number of carbonyl (C=O) groups is 1. The second kappa shape index (κ2) is 6.83. The van der Waals surface area contributed by atoms with E-state index in [-0.39, 0.29) is 24.9 Å². The summed E-state index contributed by atoms with van der Waals surface area (Å²) in [4.78, 5) is 15.9. The van der Waals surface area contributed by atoms with Crippen molar-refractivity contribution in [1.29, 1.82) is 0 Å². The summed E-state index contributed by atoms with van der Waals surface area (Å²) >= 11 is 0. The lowest BCUT2D eigenvalue weighted by Crippen LogP contribution is -2.28. The first-order valence-corrected chi connectivity index (χ1v) is 6.63. The number of hydrogen-bond donors (Lipinski definition) is 1. The predicted molar refractivity (Wildman–Crippen MR) is 77.5 cm³/mol. The number of carbonyl (C=O) groups excluding carboxylic acids is 1. The molecule has 1 N–H and O–H groups in total. The summed E-state index contributed by atoms with van der Waals surface area (Å²) in [6.07, 6.45) is 0. The molecule has 0 saturated heterocycles. The van der Waals surface area contributed by atoms with Crippen LogP contribution in [0.15, 0.2) is 36.4 Å². The van der Waals surface area contributed by atoms with Crippen LogP contribution in [0.4, 0.5) is 4.39 Å². The molecule has 0 aliphatic heterocycles. The molecule has 5 heteroatoms. The van der Waals surface area contributed by atoms with Crippen molar-refractivity contribution in [2.75, 3.05) is 6.61 Å². The van der Waals surface area contributed by atoms with Gasteiger partial charge in [0.25, 0.3) is 5.91 Å². The normalized spacial score (nSPS) is 10.2. The summed E-state index contributed by atoms with van der Waals surface area (Å²) in [5, 5.41) is 2.62. The molecular weight excluding hydrogens is 271 g/mol. The summed E-state index contributed by atoms with van der Waals surface area (Å²) < 4.78 is 18.8. The van der Waals surface area contributed by atoms with Crippen LogP contribution in [0.1, 0.15) is 17.0 Å². The van der Waals surface area contributed by atoms with Gasteiger partial charge >= 0.3 is 0 Å². The number of aromatic nitrogens is 1. The van der Waals surface area contributed by atoms with Gasteiger partial charge in [0, 0.05) is 35.6 Å². The van der Waals surface area contributed by atoms with Crippen molar-refractivity contribution >= 4 is 5.91 Å². The summed E-state index contributed by atoms with van der Waals surface area (Å²) in [6, 6.07) is 9.85. The molecule has 1 heterocycles. The fourth-order valence-corrected chi connectivity index (χ4v) is 1.91. The van der Waals surface area contributed by atoms with E-state index in [4.69, 9.17) is 4.74 Å². The lowest BCUT2D eigenvalue weighted by Gasteiger charge is -2.09. The second-order valence-electron chi connectivity index (χ2n) is 4.74. The van der Waals surface area contributed by atoms with E-state index in [9.17, 15) is 9.18 Å². The molecule has 1 aromatic carbocycles. The van der Waals surface area contributed by atoms with Gasteiger partial charge in [0.15, 0.2) is 6.61 Å². The van der Waals surface area contributed by atoms with Gasteiger partial charge in [-0.1, -0.05) is 18.2 Å². The molecule has 0 atom stereocenters. The van der Waals surface area contributed by atoms with Crippen molar-refractivity contribution in [3.63, 3.8) is 0 Å². The molecule has 0 fully saturated rings. The lowest BCUT2D eigenvalue weighted by molar-refractivity contribution is -0.123. The van der Waals surface area contributed by atoms with E-state index >= 15 is 0 Å². The molecule has 0 saturated carbocycles. The molecule has 2 aromatic rings. The molecular formula is C16H17FN2O2. The molecule has 4 nitrogen and oxygen atoms in total. The molecule has 0 bridgehead atoms.